The second-order valence-electron chi connectivity index (χ2n) is 4.29. The molecule has 7 heteroatoms. The first kappa shape index (κ1) is 17.8. The molecule has 1 aromatic rings. The van der Waals surface area contributed by atoms with Crippen LogP contribution in [0.5, 0.6) is 0 Å². The zero-order valence-corrected chi connectivity index (χ0v) is 13.0. The summed E-state index contributed by atoms with van der Waals surface area (Å²) in [7, 11) is 1.62. The summed E-state index contributed by atoms with van der Waals surface area (Å²) < 4.78 is 15.4. The van der Waals surface area contributed by atoms with Crippen LogP contribution in [0.3, 0.4) is 0 Å². The lowest BCUT2D eigenvalue weighted by Crippen LogP contribution is -2.27. The number of ether oxygens (including phenoxy) is 3. The van der Waals surface area contributed by atoms with E-state index in [0.717, 1.165) is 0 Å². The monoisotopic (exact) mass is 314 g/mol. The lowest BCUT2D eigenvalue weighted by atomic mass is 10.2. The van der Waals surface area contributed by atoms with Gasteiger partial charge in [0.2, 0.25) is 0 Å². The van der Waals surface area contributed by atoms with Crippen molar-refractivity contribution in [2.24, 2.45) is 0 Å². The Balaban J connectivity index is 2.11. The average Bonchev–Trinajstić information content (AvgIpc) is 2.44. The fourth-order valence-electron chi connectivity index (χ4n) is 1.57. The summed E-state index contributed by atoms with van der Waals surface area (Å²) in [6.07, 6.45) is 0. The van der Waals surface area contributed by atoms with E-state index >= 15 is 0 Å². The Morgan fingerprint density at radius 1 is 1.14 bits per heavy atom. The molecule has 0 aliphatic carbocycles. The molecule has 21 heavy (non-hydrogen) atoms. The first-order chi connectivity index (χ1) is 10.1. The number of carbonyl (C=O) groups excluding carboxylic acids is 1. The quantitative estimate of drug-likeness (QED) is 0.340. The van der Waals surface area contributed by atoms with E-state index in [1.54, 1.807) is 25.3 Å². The lowest BCUT2D eigenvalue weighted by molar-refractivity contribution is 0.0255. The van der Waals surface area contributed by atoms with Crippen LogP contribution in [0.25, 0.3) is 0 Å². The van der Waals surface area contributed by atoms with Crippen molar-refractivity contribution >= 4 is 24.2 Å². The highest BCUT2D eigenvalue weighted by Crippen LogP contribution is 2.14. The summed E-state index contributed by atoms with van der Waals surface area (Å²) in [6.45, 7) is 2.97. The molecule has 0 heterocycles. The molecule has 0 aliphatic heterocycles. The van der Waals surface area contributed by atoms with E-state index in [1.807, 2.05) is 0 Å². The Labute approximate surface area is 130 Å². The van der Waals surface area contributed by atoms with Crippen molar-refractivity contribution in [3.63, 3.8) is 0 Å². The van der Waals surface area contributed by atoms with Crippen molar-refractivity contribution in [1.82, 2.24) is 5.32 Å². The summed E-state index contributed by atoms with van der Waals surface area (Å²) in [6, 6.07) is 4.96. The van der Waals surface area contributed by atoms with Crippen LogP contribution in [0.15, 0.2) is 23.1 Å². The molecule has 1 rings (SSSR count). The molecule has 0 radical (unpaired) electrons. The van der Waals surface area contributed by atoms with Gasteiger partial charge in [0.15, 0.2) is 0 Å². The fraction of sp³-hybridized carbons (Fsp3) is 0.500. The molecule has 0 saturated heterocycles. The van der Waals surface area contributed by atoms with Gasteiger partial charge in [-0.3, -0.25) is 4.79 Å². The summed E-state index contributed by atoms with van der Waals surface area (Å²) in [5.41, 5.74) is 6.67. The predicted octanol–water partition coefficient (Wildman–Crippen LogP) is 0.967. The number of nitrogens with one attached hydrogen (secondary N) is 1. The Hall–Kier alpha value is -1.28. The van der Waals surface area contributed by atoms with Crippen molar-refractivity contribution < 1.29 is 19.0 Å². The molecule has 3 N–H and O–H groups in total. The molecule has 0 bridgehead atoms. The van der Waals surface area contributed by atoms with Gasteiger partial charge in [-0.2, -0.15) is 0 Å². The summed E-state index contributed by atoms with van der Waals surface area (Å²) >= 11 is 4.18. The molecule has 1 aromatic carbocycles. The van der Waals surface area contributed by atoms with E-state index in [4.69, 9.17) is 19.9 Å². The van der Waals surface area contributed by atoms with E-state index < -0.39 is 0 Å². The van der Waals surface area contributed by atoms with E-state index in [1.165, 1.54) is 0 Å². The van der Waals surface area contributed by atoms with E-state index in [-0.39, 0.29) is 5.91 Å². The maximum absolute atomic E-state index is 11.9. The number of benzene rings is 1. The average molecular weight is 314 g/mol. The molecule has 0 unspecified atom stereocenters. The topological polar surface area (TPSA) is 82.8 Å². The van der Waals surface area contributed by atoms with Gasteiger partial charge >= 0.3 is 0 Å². The van der Waals surface area contributed by atoms with Crippen LogP contribution >= 0.6 is 12.6 Å². The van der Waals surface area contributed by atoms with Gasteiger partial charge in [-0.05, 0) is 18.2 Å². The maximum atomic E-state index is 11.9. The normalized spacial score (nSPS) is 10.6. The van der Waals surface area contributed by atoms with Crippen LogP contribution in [0.1, 0.15) is 10.4 Å². The Morgan fingerprint density at radius 3 is 2.48 bits per heavy atom. The second-order valence-corrected chi connectivity index (χ2v) is 4.80. The maximum Gasteiger partial charge on any atom is 0.251 e. The highest BCUT2D eigenvalue weighted by Gasteiger charge is 2.06. The minimum Gasteiger partial charge on any atom is -0.399 e. The molecular formula is C14H22N2O4S. The van der Waals surface area contributed by atoms with Gasteiger partial charge in [-0.25, -0.2) is 0 Å². The summed E-state index contributed by atoms with van der Waals surface area (Å²) in [5, 5.41) is 2.75. The van der Waals surface area contributed by atoms with Crippen LogP contribution in [-0.2, 0) is 14.2 Å². The number of methoxy groups -OCH3 is 1. The lowest BCUT2D eigenvalue weighted by Gasteiger charge is -2.08. The number of nitrogen functional groups attached to an aromatic ring is 1. The van der Waals surface area contributed by atoms with Gasteiger partial charge in [0.1, 0.15) is 0 Å². The van der Waals surface area contributed by atoms with Crippen LogP contribution in [-0.4, -0.2) is 52.6 Å². The van der Waals surface area contributed by atoms with Crippen molar-refractivity contribution in [3.8, 4) is 0 Å². The van der Waals surface area contributed by atoms with Crippen LogP contribution in [0.2, 0.25) is 0 Å². The third-order valence-corrected chi connectivity index (χ3v) is 2.80. The third kappa shape index (κ3) is 7.91. The molecule has 0 saturated carbocycles. The molecule has 6 nitrogen and oxygen atoms in total. The van der Waals surface area contributed by atoms with Gasteiger partial charge < -0.3 is 25.3 Å². The first-order valence-electron chi connectivity index (χ1n) is 6.65. The molecule has 0 atom stereocenters. The number of hydrogen-bond donors (Lipinski definition) is 3. The summed E-state index contributed by atoms with van der Waals surface area (Å²) in [5.74, 6) is -0.197. The van der Waals surface area contributed by atoms with Gasteiger partial charge in [0.05, 0.1) is 33.0 Å². The number of hydrogen-bond acceptors (Lipinski definition) is 6. The molecular weight excluding hydrogens is 292 g/mol. The standard InChI is InChI=1S/C14H22N2O4S/c1-18-4-5-20-7-6-19-3-2-16-14(17)11-8-12(15)10-13(21)9-11/h8-10,21H,2-7,15H2,1H3,(H,16,17). The second kappa shape index (κ2) is 10.4. The van der Waals surface area contributed by atoms with Gasteiger partial charge in [-0.1, -0.05) is 0 Å². The largest absolute Gasteiger partial charge is 0.399 e. The minimum absolute atomic E-state index is 0.197. The number of amides is 1. The number of carbonyl (C=O) groups is 1. The van der Waals surface area contributed by atoms with Crippen LogP contribution in [0, 0.1) is 0 Å². The van der Waals surface area contributed by atoms with Crippen molar-refractivity contribution in [2.45, 2.75) is 4.90 Å². The summed E-state index contributed by atoms with van der Waals surface area (Å²) in [4.78, 5) is 12.5. The highest BCUT2D eigenvalue weighted by atomic mass is 32.1. The smallest absolute Gasteiger partial charge is 0.251 e. The molecule has 0 fully saturated rings. The molecule has 0 spiro atoms. The molecule has 1 amide bonds. The first-order valence-corrected chi connectivity index (χ1v) is 7.10. The SMILES string of the molecule is COCCOCCOCCNC(=O)c1cc(N)cc(S)c1. The van der Waals surface area contributed by atoms with Crippen molar-refractivity contribution in [2.75, 3.05) is 52.4 Å². The van der Waals surface area contributed by atoms with Gasteiger partial charge in [0, 0.05) is 29.8 Å². The van der Waals surface area contributed by atoms with E-state index in [0.29, 0.717) is 55.7 Å². The Morgan fingerprint density at radius 2 is 1.81 bits per heavy atom. The number of rotatable bonds is 10. The number of thiol groups is 1. The molecule has 0 aliphatic rings. The Bertz CT molecular complexity index is 423. The van der Waals surface area contributed by atoms with Gasteiger partial charge in [0.25, 0.3) is 5.91 Å². The number of nitrogens with two attached hydrogens (primary N) is 1. The van der Waals surface area contributed by atoms with Crippen LogP contribution < -0.4 is 11.1 Å². The predicted molar refractivity (Wildman–Crippen MR) is 84.0 cm³/mol. The fourth-order valence-corrected chi connectivity index (χ4v) is 1.86. The van der Waals surface area contributed by atoms with Crippen LogP contribution in [0.4, 0.5) is 5.69 Å². The Kier molecular flexibility index (Phi) is 8.84. The van der Waals surface area contributed by atoms with E-state index in [2.05, 4.69) is 17.9 Å². The zero-order chi connectivity index (χ0) is 15.5. The van der Waals surface area contributed by atoms with Crippen molar-refractivity contribution in [3.05, 3.63) is 23.8 Å². The third-order valence-electron chi connectivity index (χ3n) is 2.54. The van der Waals surface area contributed by atoms with E-state index in [9.17, 15) is 4.79 Å². The molecule has 0 aromatic heterocycles. The molecule has 118 valence electrons. The van der Waals surface area contributed by atoms with Gasteiger partial charge in [-0.15, -0.1) is 12.6 Å². The minimum atomic E-state index is -0.197. The van der Waals surface area contributed by atoms with Crippen molar-refractivity contribution in [1.29, 1.82) is 0 Å². The highest BCUT2D eigenvalue weighted by molar-refractivity contribution is 7.80. The zero-order valence-electron chi connectivity index (χ0n) is 12.1. The number of anilines is 1.